The van der Waals surface area contributed by atoms with Gasteiger partial charge in [0, 0.05) is 70.1 Å². The highest BCUT2D eigenvalue weighted by Gasteiger charge is 2.43. The van der Waals surface area contributed by atoms with Crippen molar-refractivity contribution in [1.82, 2.24) is 14.7 Å². The second-order valence-corrected chi connectivity index (χ2v) is 12.6. The summed E-state index contributed by atoms with van der Waals surface area (Å²) in [6.45, 7) is 6.99. The lowest BCUT2D eigenvalue weighted by Crippen LogP contribution is -2.62. The van der Waals surface area contributed by atoms with Gasteiger partial charge in [-0.2, -0.15) is 5.26 Å². The molecule has 9 heteroatoms. The highest BCUT2D eigenvalue weighted by Crippen LogP contribution is 2.34. The van der Waals surface area contributed by atoms with E-state index in [0.29, 0.717) is 47.0 Å². The highest BCUT2D eigenvalue weighted by atomic mass is 35.5. The van der Waals surface area contributed by atoms with Crippen molar-refractivity contribution in [1.29, 1.82) is 5.26 Å². The topological polar surface area (TPSA) is 69.0 Å². The van der Waals surface area contributed by atoms with Gasteiger partial charge in [0.15, 0.2) is 5.79 Å². The SMILES string of the molecule is CN(CC(CCN1CC(N2CCC3(CC2)OCCO3)C1)c1ccc(Cl)c(Cl)c1)C(=O)c1cc(C#N)cc2ccccc12. The van der Waals surface area contributed by atoms with E-state index >= 15 is 0 Å². The van der Waals surface area contributed by atoms with Crippen LogP contribution in [-0.4, -0.2) is 92.0 Å². The molecule has 0 N–H and O–H groups in total. The van der Waals surface area contributed by atoms with Gasteiger partial charge in [-0.1, -0.05) is 53.5 Å². The third kappa shape index (κ3) is 6.16. The van der Waals surface area contributed by atoms with Crippen LogP contribution < -0.4 is 0 Å². The number of hydrogen-bond donors (Lipinski definition) is 0. The zero-order valence-corrected chi connectivity index (χ0v) is 25.4. The summed E-state index contributed by atoms with van der Waals surface area (Å²) in [6, 6.07) is 19.8. The molecular formula is C33H36Cl2N4O3. The van der Waals surface area contributed by atoms with E-state index in [0.717, 1.165) is 68.3 Å². The van der Waals surface area contributed by atoms with Crippen LogP contribution in [-0.2, 0) is 9.47 Å². The molecule has 0 aliphatic carbocycles. The smallest absolute Gasteiger partial charge is 0.254 e. The Bertz CT molecular complexity index is 1490. The van der Waals surface area contributed by atoms with E-state index in [2.05, 4.69) is 15.9 Å². The molecule has 6 rings (SSSR count). The number of carbonyl (C=O) groups is 1. The van der Waals surface area contributed by atoms with Crippen molar-refractivity contribution >= 4 is 39.9 Å². The van der Waals surface area contributed by atoms with Crippen molar-refractivity contribution in [2.75, 3.05) is 59.5 Å². The molecule has 0 aromatic heterocycles. The van der Waals surface area contributed by atoms with E-state index in [-0.39, 0.29) is 17.6 Å². The van der Waals surface area contributed by atoms with Crippen LogP contribution in [0.3, 0.4) is 0 Å². The van der Waals surface area contributed by atoms with Crippen LogP contribution in [0.15, 0.2) is 54.6 Å². The third-order valence-electron chi connectivity index (χ3n) is 9.10. The third-order valence-corrected chi connectivity index (χ3v) is 9.84. The Kier molecular flexibility index (Phi) is 8.74. The van der Waals surface area contributed by atoms with E-state index in [9.17, 15) is 10.1 Å². The molecule has 1 spiro atoms. The lowest BCUT2D eigenvalue weighted by atomic mass is 9.93. The summed E-state index contributed by atoms with van der Waals surface area (Å²) >= 11 is 12.7. The summed E-state index contributed by atoms with van der Waals surface area (Å²) in [5.74, 6) is -0.362. The zero-order chi connectivity index (χ0) is 29.3. The Morgan fingerprint density at radius 1 is 1.07 bits per heavy atom. The van der Waals surface area contributed by atoms with Gasteiger partial charge in [0.05, 0.1) is 34.9 Å². The second-order valence-electron chi connectivity index (χ2n) is 11.8. The lowest BCUT2D eigenvalue weighted by molar-refractivity contribution is -0.191. The van der Waals surface area contributed by atoms with Crippen LogP contribution >= 0.6 is 23.2 Å². The number of nitrogens with zero attached hydrogens (tertiary/aromatic N) is 4. The number of likely N-dealkylation sites (tertiary alicyclic amines) is 2. The van der Waals surface area contributed by atoms with Crippen LogP contribution in [0, 0.1) is 11.3 Å². The summed E-state index contributed by atoms with van der Waals surface area (Å²) in [6.07, 6.45) is 2.76. The molecule has 3 aliphatic rings. The normalized spacial score (nSPS) is 20.0. The molecule has 42 heavy (non-hydrogen) atoms. The maximum absolute atomic E-state index is 13.8. The molecule has 0 saturated carbocycles. The molecule has 3 aromatic carbocycles. The average Bonchev–Trinajstić information content (AvgIpc) is 3.44. The van der Waals surface area contributed by atoms with Crippen molar-refractivity contribution < 1.29 is 14.3 Å². The predicted molar refractivity (Wildman–Crippen MR) is 165 cm³/mol. The van der Waals surface area contributed by atoms with Gasteiger partial charge in [-0.15, -0.1) is 0 Å². The van der Waals surface area contributed by atoms with Gasteiger partial charge in [0.2, 0.25) is 0 Å². The van der Waals surface area contributed by atoms with E-state index in [1.165, 1.54) is 0 Å². The van der Waals surface area contributed by atoms with Gasteiger partial charge in [-0.25, -0.2) is 0 Å². The zero-order valence-electron chi connectivity index (χ0n) is 23.9. The number of nitriles is 1. The molecule has 7 nitrogen and oxygen atoms in total. The first-order chi connectivity index (χ1) is 20.3. The van der Waals surface area contributed by atoms with Gasteiger partial charge in [-0.3, -0.25) is 9.69 Å². The molecule has 0 radical (unpaired) electrons. The maximum Gasteiger partial charge on any atom is 0.254 e. The first-order valence-electron chi connectivity index (χ1n) is 14.7. The predicted octanol–water partition coefficient (Wildman–Crippen LogP) is 5.79. The monoisotopic (exact) mass is 606 g/mol. The number of benzene rings is 3. The number of carbonyl (C=O) groups excluding carboxylic acids is 1. The maximum atomic E-state index is 13.8. The van der Waals surface area contributed by atoms with Crippen molar-refractivity contribution in [2.24, 2.45) is 0 Å². The van der Waals surface area contributed by atoms with E-state index < -0.39 is 0 Å². The average molecular weight is 608 g/mol. The summed E-state index contributed by atoms with van der Waals surface area (Å²) in [7, 11) is 1.83. The number of ether oxygens (including phenoxy) is 2. The molecule has 220 valence electrons. The number of piperidine rings is 1. The summed E-state index contributed by atoms with van der Waals surface area (Å²) in [4.78, 5) is 20.6. The Morgan fingerprint density at radius 3 is 2.52 bits per heavy atom. The van der Waals surface area contributed by atoms with Crippen LogP contribution in [0.4, 0.5) is 0 Å². The molecule has 3 fully saturated rings. The highest BCUT2D eigenvalue weighted by molar-refractivity contribution is 6.42. The van der Waals surface area contributed by atoms with E-state index in [1.807, 2.05) is 55.6 Å². The molecule has 1 amide bonds. The standard InChI is InChI=1S/C33H36Cl2N4O3/c1-37(32(40)29-17-23(19-36)16-25-4-2-3-5-28(25)29)20-26(24-6-7-30(34)31(35)18-24)8-11-38-21-27(22-38)39-12-9-33(10-13-39)41-14-15-42-33/h2-7,16-18,26-27H,8-15,20-22H2,1H3. The second kappa shape index (κ2) is 12.5. The van der Waals surface area contributed by atoms with Gasteiger partial charge in [-0.05, 0) is 53.6 Å². The first kappa shape index (κ1) is 29.4. The number of rotatable bonds is 8. The number of halogens is 2. The number of fused-ring (bicyclic) bond motifs is 1. The van der Waals surface area contributed by atoms with Crippen LogP contribution in [0.2, 0.25) is 10.0 Å². The molecule has 1 unspecified atom stereocenters. The first-order valence-corrected chi connectivity index (χ1v) is 15.5. The van der Waals surface area contributed by atoms with E-state index in [1.54, 1.807) is 11.0 Å². The van der Waals surface area contributed by atoms with Crippen molar-refractivity contribution in [2.45, 2.75) is 37.0 Å². The fourth-order valence-electron chi connectivity index (χ4n) is 6.61. The number of amides is 1. The largest absolute Gasteiger partial charge is 0.347 e. The minimum atomic E-state index is -0.335. The quantitative estimate of drug-likeness (QED) is 0.323. The van der Waals surface area contributed by atoms with Crippen LogP contribution in [0.1, 0.15) is 46.7 Å². The van der Waals surface area contributed by atoms with Gasteiger partial charge < -0.3 is 19.3 Å². The van der Waals surface area contributed by atoms with Gasteiger partial charge in [0.1, 0.15) is 0 Å². The minimum Gasteiger partial charge on any atom is -0.347 e. The summed E-state index contributed by atoms with van der Waals surface area (Å²) in [5, 5.41) is 12.3. The summed E-state index contributed by atoms with van der Waals surface area (Å²) < 4.78 is 11.8. The Labute approximate surface area is 257 Å². The lowest BCUT2D eigenvalue weighted by Gasteiger charge is -2.49. The molecule has 3 heterocycles. The molecular weight excluding hydrogens is 571 g/mol. The molecule has 3 aromatic rings. The number of hydrogen-bond acceptors (Lipinski definition) is 6. The molecule has 3 aliphatic heterocycles. The van der Waals surface area contributed by atoms with Crippen molar-refractivity contribution in [3.63, 3.8) is 0 Å². The Morgan fingerprint density at radius 2 is 1.81 bits per heavy atom. The Balaban J connectivity index is 1.11. The Hall–Kier alpha value is -2.70. The van der Waals surface area contributed by atoms with Gasteiger partial charge >= 0.3 is 0 Å². The summed E-state index contributed by atoms with van der Waals surface area (Å²) in [5.41, 5.74) is 2.09. The number of likely N-dealkylation sites (N-methyl/N-ethyl adjacent to an activating group) is 1. The fraction of sp³-hybridized carbons (Fsp3) is 0.455. The van der Waals surface area contributed by atoms with Crippen LogP contribution in [0.25, 0.3) is 10.8 Å². The molecule has 1 atom stereocenters. The molecule has 0 bridgehead atoms. The molecule has 3 saturated heterocycles. The fourth-order valence-corrected chi connectivity index (χ4v) is 6.92. The van der Waals surface area contributed by atoms with Crippen LogP contribution in [0.5, 0.6) is 0 Å². The van der Waals surface area contributed by atoms with Crippen molar-refractivity contribution in [3.8, 4) is 6.07 Å². The minimum absolute atomic E-state index is 0.0738. The van der Waals surface area contributed by atoms with Crippen molar-refractivity contribution in [3.05, 3.63) is 81.3 Å². The van der Waals surface area contributed by atoms with E-state index in [4.69, 9.17) is 32.7 Å². The van der Waals surface area contributed by atoms with Gasteiger partial charge in [0.25, 0.3) is 5.91 Å².